The van der Waals surface area contributed by atoms with Crippen molar-refractivity contribution in [2.24, 2.45) is 4.99 Å². The highest BCUT2D eigenvalue weighted by Crippen LogP contribution is 2.23. The normalized spacial score (nSPS) is 16.0. The zero-order chi connectivity index (χ0) is 14.8. The van der Waals surface area contributed by atoms with E-state index in [2.05, 4.69) is 20.9 Å². The molecular weight excluding hydrogens is 337 g/mol. The van der Waals surface area contributed by atoms with Gasteiger partial charge in [0.25, 0.3) is 0 Å². The molecule has 1 aliphatic rings. The molecule has 3 rings (SSSR count). The average Bonchev–Trinajstić information content (AvgIpc) is 2.83. The number of benzene rings is 2. The Morgan fingerprint density at radius 1 is 1.10 bits per heavy atom. The van der Waals surface area contributed by atoms with Crippen molar-refractivity contribution in [3.05, 3.63) is 75.6 Å². The monoisotopic (exact) mass is 345 g/mol. The maximum atomic E-state index is 12.9. The molecule has 0 saturated carbocycles. The summed E-state index contributed by atoms with van der Waals surface area (Å²) in [5.74, 6) is -0.698. The molecule has 2 aromatic rings. The summed E-state index contributed by atoms with van der Waals surface area (Å²) in [6.45, 7) is 0. The van der Waals surface area contributed by atoms with E-state index in [9.17, 15) is 9.18 Å². The van der Waals surface area contributed by atoms with Gasteiger partial charge in [-0.05, 0) is 42.0 Å². The van der Waals surface area contributed by atoms with Gasteiger partial charge in [0.15, 0.2) is 5.70 Å². The standard InChI is InChI=1S/C16H9BrFNO2/c17-13-4-2-1-3-11(13)9-14-16(20)21-15(19-14)10-5-7-12(18)8-6-10/h1-9H/b14-9-. The average molecular weight is 346 g/mol. The second kappa shape index (κ2) is 5.61. The van der Waals surface area contributed by atoms with Crippen LogP contribution in [0.2, 0.25) is 0 Å². The third-order valence-electron chi connectivity index (χ3n) is 2.91. The molecule has 0 aromatic heterocycles. The molecule has 2 aromatic carbocycles. The Morgan fingerprint density at radius 2 is 1.81 bits per heavy atom. The van der Waals surface area contributed by atoms with Gasteiger partial charge in [0.2, 0.25) is 5.90 Å². The van der Waals surface area contributed by atoms with E-state index in [4.69, 9.17) is 4.74 Å². The summed E-state index contributed by atoms with van der Waals surface area (Å²) in [7, 11) is 0. The first-order valence-electron chi connectivity index (χ1n) is 6.16. The van der Waals surface area contributed by atoms with Crippen LogP contribution in [0.4, 0.5) is 4.39 Å². The molecule has 0 fully saturated rings. The van der Waals surface area contributed by atoms with Crippen LogP contribution in [0, 0.1) is 5.82 Å². The minimum atomic E-state index is -0.523. The van der Waals surface area contributed by atoms with E-state index in [1.807, 2.05) is 24.3 Å². The number of esters is 1. The van der Waals surface area contributed by atoms with Gasteiger partial charge in [0.05, 0.1) is 0 Å². The number of carbonyl (C=O) groups excluding carboxylic acids is 1. The van der Waals surface area contributed by atoms with Crippen LogP contribution in [0.25, 0.3) is 6.08 Å². The van der Waals surface area contributed by atoms with Crippen LogP contribution >= 0.6 is 15.9 Å². The number of hydrogen-bond acceptors (Lipinski definition) is 3. The Bertz CT molecular complexity index is 766. The summed E-state index contributed by atoms with van der Waals surface area (Å²) in [6, 6.07) is 13.1. The topological polar surface area (TPSA) is 38.7 Å². The fourth-order valence-electron chi connectivity index (χ4n) is 1.86. The molecule has 0 radical (unpaired) electrons. The Kier molecular flexibility index (Phi) is 3.66. The van der Waals surface area contributed by atoms with E-state index in [-0.39, 0.29) is 17.4 Å². The van der Waals surface area contributed by atoms with Crippen molar-refractivity contribution in [1.82, 2.24) is 0 Å². The number of halogens is 2. The van der Waals surface area contributed by atoms with Crippen LogP contribution < -0.4 is 0 Å². The first-order chi connectivity index (χ1) is 10.1. The van der Waals surface area contributed by atoms with Crippen LogP contribution in [0.15, 0.2) is 63.7 Å². The number of ether oxygens (including phenoxy) is 1. The van der Waals surface area contributed by atoms with Crippen molar-refractivity contribution in [1.29, 1.82) is 0 Å². The van der Waals surface area contributed by atoms with Crippen LogP contribution in [-0.4, -0.2) is 11.9 Å². The van der Waals surface area contributed by atoms with E-state index >= 15 is 0 Å². The SMILES string of the molecule is O=C1OC(c2ccc(F)cc2)=N/C1=C\c1ccccc1Br. The molecule has 0 bridgehead atoms. The lowest BCUT2D eigenvalue weighted by atomic mass is 10.2. The zero-order valence-electron chi connectivity index (χ0n) is 10.7. The summed E-state index contributed by atoms with van der Waals surface area (Å²) in [4.78, 5) is 16.0. The molecule has 0 unspecified atom stereocenters. The molecule has 0 aliphatic carbocycles. The molecule has 0 atom stereocenters. The fourth-order valence-corrected chi connectivity index (χ4v) is 2.26. The van der Waals surface area contributed by atoms with Crippen LogP contribution in [0.3, 0.4) is 0 Å². The van der Waals surface area contributed by atoms with Gasteiger partial charge in [-0.15, -0.1) is 0 Å². The third kappa shape index (κ3) is 2.92. The van der Waals surface area contributed by atoms with E-state index in [1.54, 1.807) is 6.08 Å². The summed E-state index contributed by atoms with van der Waals surface area (Å²) >= 11 is 3.40. The molecule has 0 spiro atoms. The molecule has 0 saturated heterocycles. The molecule has 1 heterocycles. The van der Waals surface area contributed by atoms with Crippen molar-refractivity contribution in [3.8, 4) is 0 Å². The number of nitrogens with zero attached hydrogens (tertiary/aromatic N) is 1. The molecule has 3 nitrogen and oxygen atoms in total. The number of carbonyl (C=O) groups is 1. The number of cyclic esters (lactones) is 1. The molecule has 5 heteroatoms. The minimum absolute atomic E-state index is 0.179. The highest BCUT2D eigenvalue weighted by atomic mass is 79.9. The molecule has 21 heavy (non-hydrogen) atoms. The largest absolute Gasteiger partial charge is 0.402 e. The van der Waals surface area contributed by atoms with E-state index in [0.29, 0.717) is 5.56 Å². The lowest BCUT2D eigenvalue weighted by Gasteiger charge is -1.98. The quantitative estimate of drug-likeness (QED) is 0.610. The summed E-state index contributed by atoms with van der Waals surface area (Å²) < 4.78 is 18.9. The van der Waals surface area contributed by atoms with Crippen LogP contribution in [-0.2, 0) is 9.53 Å². The third-order valence-corrected chi connectivity index (χ3v) is 3.63. The molecule has 0 amide bonds. The van der Waals surface area contributed by atoms with Gasteiger partial charge < -0.3 is 4.74 Å². The molecule has 0 N–H and O–H groups in total. The van der Waals surface area contributed by atoms with Gasteiger partial charge >= 0.3 is 5.97 Å². The minimum Gasteiger partial charge on any atom is -0.402 e. The van der Waals surface area contributed by atoms with Gasteiger partial charge in [0.1, 0.15) is 5.82 Å². The summed E-state index contributed by atoms with van der Waals surface area (Å²) in [5, 5.41) is 0. The first kappa shape index (κ1) is 13.7. The number of hydrogen-bond donors (Lipinski definition) is 0. The highest BCUT2D eigenvalue weighted by molar-refractivity contribution is 9.10. The number of aliphatic imine (C=N–C) groups is 1. The maximum Gasteiger partial charge on any atom is 0.363 e. The molecule has 1 aliphatic heterocycles. The number of rotatable bonds is 2. The van der Waals surface area contributed by atoms with Gasteiger partial charge in [0, 0.05) is 10.0 Å². The smallest absolute Gasteiger partial charge is 0.363 e. The van der Waals surface area contributed by atoms with Crippen molar-refractivity contribution >= 4 is 33.9 Å². The van der Waals surface area contributed by atoms with E-state index in [0.717, 1.165) is 10.0 Å². The van der Waals surface area contributed by atoms with Crippen molar-refractivity contribution < 1.29 is 13.9 Å². The van der Waals surface area contributed by atoms with Crippen molar-refractivity contribution in [2.75, 3.05) is 0 Å². The predicted octanol–water partition coefficient (Wildman–Crippen LogP) is 3.93. The Labute approximate surface area is 128 Å². The Balaban J connectivity index is 1.96. The Hall–Kier alpha value is -2.27. The van der Waals surface area contributed by atoms with Crippen LogP contribution in [0.5, 0.6) is 0 Å². The Morgan fingerprint density at radius 3 is 2.52 bits per heavy atom. The lowest BCUT2D eigenvalue weighted by Crippen LogP contribution is -2.05. The predicted molar refractivity (Wildman–Crippen MR) is 81.1 cm³/mol. The maximum absolute atomic E-state index is 12.9. The van der Waals surface area contributed by atoms with E-state index in [1.165, 1.54) is 24.3 Å². The fraction of sp³-hybridized carbons (Fsp3) is 0. The second-order valence-corrected chi connectivity index (χ2v) is 5.22. The van der Waals surface area contributed by atoms with Crippen molar-refractivity contribution in [3.63, 3.8) is 0 Å². The highest BCUT2D eigenvalue weighted by Gasteiger charge is 2.24. The van der Waals surface area contributed by atoms with Gasteiger partial charge in [-0.1, -0.05) is 34.1 Å². The summed E-state index contributed by atoms with van der Waals surface area (Å²) in [5.41, 5.74) is 1.59. The second-order valence-electron chi connectivity index (χ2n) is 4.36. The van der Waals surface area contributed by atoms with Gasteiger partial charge in [-0.3, -0.25) is 0 Å². The molecule has 104 valence electrons. The van der Waals surface area contributed by atoms with Gasteiger partial charge in [-0.25, -0.2) is 14.2 Å². The van der Waals surface area contributed by atoms with Crippen LogP contribution in [0.1, 0.15) is 11.1 Å². The lowest BCUT2D eigenvalue weighted by molar-refractivity contribution is -0.129. The first-order valence-corrected chi connectivity index (χ1v) is 6.96. The summed E-state index contributed by atoms with van der Waals surface area (Å²) in [6.07, 6.45) is 1.64. The van der Waals surface area contributed by atoms with E-state index < -0.39 is 5.97 Å². The zero-order valence-corrected chi connectivity index (χ0v) is 12.3. The van der Waals surface area contributed by atoms with Crippen molar-refractivity contribution in [2.45, 2.75) is 0 Å². The van der Waals surface area contributed by atoms with Gasteiger partial charge in [-0.2, -0.15) is 0 Å². The molecular formula is C16H9BrFNO2.